The third-order valence-electron chi connectivity index (χ3n) is 4.50. The quantitative estimate of drug-likeness (QED) is 0.134. The summed E-state index contributed by atoms with van der Waals surface area (Å²) in [4.78, 5) is 11.5. The lowest BCUT2D eigenvalue weighted by Gasteiger charge is -2.20. The molecule has 4 heteroatoms. The van der Waals surface area contributed by atoms with Gasteiger partial charge in [-0.05, 0) is 38.5 Å². The number of esters is 1. The second kappa shape index (κ2) is 17.5. The van der Waals surface area contributed by atoms with Crippen LogP contribution >= 0.6 is 0 Å². The van der Waals surface area contributed by atoms with Crippen LogP contribution in [0.5, 0.6) is 0 Å². The monoisotopic (exact) mass is 370 g/mol. The Labute approximate surface area is 161 Å². The van der Waals surface area contributed by atoms with E-state index >= 15 is 0 Å². The molecule has 0 bridgehead atoms. The van der Waals surface area contributed by atoms with Gasteiger partial charge < -0.3 is 14.9 Å². The van der Waals surface area contributed by atoms with Crippen LogP contribution in [0.25, 0.3) is 0 Å². The van der Waals surface area contributed by atoms with Gasteiger partial charge in [0, 0.05) is 12.8 Å². The molecule has 154 valence electrons. The van der Waals surface area contributed by atoms with Crippen LogP contribution in [0.15, 0.2) is 12.2 Å². The van der Waals surface area contributed by atoms with Gasteiger partial charge in [0.25, 0.3) is 0 Å². The molecule has 0 fully saturated rings. The van der Waals surface area contributed by atoms with Gasteiger partial charge in [0.15, 0.2) is 0 Å². The van der Waals surface area contributed by atoms with Gasteiger partial charge in [-0.2, -0.15) is 0 Å². The fraction of sp³-hybridized carbons (Fsp3) is 0.864. The maximum atomic E-state index is 11.5. The molecule has 4 nitrogen and oxygen atoms in total. The largest absolute Gasteiger partial charge is 0.408 e. The molecule has 0 radical (unpaired) electrons. The zero-order valence-corrected chi connectivity index (χ0v) is 17.2. The van der Waals surface area contributed by atoms with Crippen molar-refractivity contribution in [2.24, 2.45) is 0 Å². The number of unbranched alkanes of at least 4 members (excludes halogenated alkanes) is 11. The summed E-state index contributed by atoms with van der Waals surface area (Å²) >= 11 is 0. The molecule has 0 heterocycles. The van der Waals surface area contributed by atoms with Crippen molar-refractivity contribution >= 4 is 5.97 Å². The molecule has 0 aliphatic heterocycles. The fourth-order valence-corrected chi connectivity index (χ4v) is 2.95. The molecule has 26 heavy (non-hydrogen) atoms. The number of allylic oxidation sites excluding steroid dienone is 2. The van der Waals surface area contributed by atoms with Crippen LogP contribution in [0, 0.1) is 0 Å². The molecule has 0 aliphatic carbocycles. The van der Waals surface area contributed by atoms with Crippen LogP contribution in [0.2, 0.25) is 0 Å². The van der Waals surface area contributed by atoms with Crippen molar-refractivity contribution in [2.45, 2.75) is 123 Å². The number of ether oxygens (including phenoxy) is 1. The lowest BCUT2D eigenvalue weighted by Crippen LogP contribution is -2.34. The van der Waals surface area contributed by atoms with E-state index in [4.69, 9.17) is 0 Å². The maximum absolute atomic E-state index is 11.5. The van der Waals surface area contributed by atoms with Crippen molar-refractivity contribution < 1.29 is 19.7 Å². The van der Waals surface area contributed by atoms with Gasteiger partial charge in [-0.25, -0.2) is 0 Å². The Balaban J connectivity index is 3.35. The normalized spacial score (nSPS) is 12.0. The Hall–Kier alpha value is -0.870. The molecular formula is C22H42O4. The molecule has 0 aromatic carbocycles. The predicted molar refractivity (Wildman–Crippen MR) is 108 cm³/mol. The summed E-state index contributed by atoms with van der Waals surface area (Å²) in [5.41, 5.74) is 0. The average molecular weight is 371 g/mol. The topological polar surface area (TPSA) is 66.8 Å². The molecule has 2 N–H and O–H groups in total. The second-order valence-electron chi connectivity index (χ2n) is 7.30. The van der Waals surface area contributed by atoms with Crippen LogP contribution in [0.1, 0.15) is 117 Å². The molecule has 0 rings (SSSR count). The van der Waals surface area contributed by atoms with Crippen molar-refractivity contribution in [1.29, 1.82) is 0 Å². The minimum absolute atomic E-state index is 0.0467. The Morgan fingerprint density at radius 2 is 1.27 bits per heavy atom. The Bertz CT molecular complexity index is 350. The minimum atomic E-state index is -2.30. The highest BCUT2D eigenvalue weighted by Crippen LogP contribution is 2.14. The third kappa shape index (κ3) is 17.9. The van der Waals surface area contributed by atoms with E-state index in [0.717, 1.165) is 25.7 Å². The highest BCUT2D eigenvalue weighted by atomic mass is 16.8. The van der Waals surface area contributed by atoms with Gasteiger partial charge in [-0.1, -0.05) is 77.4 Å². The standard InChI is InChI=1S/C22H42O4/c1-3-5-6-7-8-9-10-11-12-13-14-15-16-17-18-19-21(23)26-22(24,25)20-4-2/h11-12,24-25H,3-10,13-20H2,1-2H3/b12-11-. The summed E-state index contributed by atoms with van der Waals surface area (Å²) in [6.45, 7) is 4.06. The lowest BCUT2D eigenvalue weighted by atomic mass is 10.1. The minimum Gasteiger partial charge on any atom is -0.408 e. The van der Waals surface area contributed by atoms with Gasteiger partial charge in [-0.3, -0.25) is 4.79 Å². The van der Waals surface area contributed by atoms with Crippen molar-refractivity contribution in [3.8, 4) is 0 Å². The van der Waals surface area contributed by atoms with Gasteiger partial charge in [0.1, 0.15) is 0 Å². The fourth-order valence-electron chi connectivity index (χ4n) is 2.95. The second-order valence-corrected chi connectivity index (χ2v) is 7.30. The van der Waals surface area contributed by atoms with Crippen LogP contribution in [-0.2, 0) is 9.53 Å². The van der Waals surface area contributed by atoms with E-state index in [1.165, 1.54) is 57.8 Å². The first kappa shape index (κ1) is 25.1. The van der Waals surface area contributed by atoms with Crippen molar-refractivity contribution in [2.75, 3.05) is 0 Å². The lowest BCUT2D eigenvalue weighted by molar-refractivity contribution is -0.322. The van der Waals surface area contributed by atoms with Crippen LogP contribution in [-0.4, -0.2) is 22.2 Å². The van der Waals surface area contributed by atoms with Crippen molar-refractivity contribution in [1.82, 2.24) is 0 Å². The molecule has 0 aliphatic rings. The molecular weight excluding hydrogens is 328 g/mol. The first-order valence-corrected chi connectivity index (χ1v) is 10.8. The van der Waals surface area contributed by atoms with Gasteiger partial charge in [-0.15, -0.1) is 0 Å². The molecule has 0 saturated carbocycles. The molecule has 0 atom stereocenters. The van der Waals surface area contributed by atoms with E-state index in [2.05, 4.69) is 23.8 Å². The van der Waals surface area contributed by atoms with Crippen LogP contribution in [0.4, 0.5) is 0 Å². The smallest absolute Gasteiger partial charge is 0.324 e. The highest BCUT2D eigenvalue weighted by molar-refractivity contribution is 5.69. The number of carbonyl (C=O) groups excluding carboxylic acids is 1. The zero-order valence-electron chi connectivity index (χ0n) is 17.2. The summed E-state index contributed by atoms with van der Waals surface area (Å²) in [7, 11) is 0. The van der Waals surface area contributed by atoms with Crippen molar-refractivity contribution in [3.63, 3.8) is 0 Å². The Morgan fingerprint density at radius 1 is 0.769 bits per heavy atom. The van der Waals surface area contributed by atoms with Gasteiger partial charge in [0.05, 0.1) is 0 Å². The molecule has 0 amide bonds. The van der Waals surface area contributed by atoms with E-state index in [1.54, 1.807) is 6.92 Å². The number of hydrogen-bond donors (Lipinski definition) is 2. The predicted octanol–water partition coefficient (Wildman–Crippen LogP) is 6.01. The molecule has 0 spiro atoms. The summed E-state index contributed by atoms with van der Waals surface area (Å²) in [6, 6.07) is 0. The maximum Gasteiger partial charge on any atom is 0.324 e. The number of carbonyl (C=O) groups is 1. The van der Waals surface area contributed by atoms with Crippen LogP contribution < -0.4 is 0 Å². The van der Waals surface area contributed by atoms with Gasteiger partial charge >= 0.3 is 11.9 Å². The molecule has 0 unspecified atom stereocenters. The molecule has 0 saturated heterocycles. The highest BCUT2D eigenvalue weighted by Gasteiger charge is 2.26. The summed E-state index contributed by atoms with van der Waals surface area (Å²) in [5, 5.41) is 18.8. The number of hydrogen-bond acceptors (Lipinski definition) is 4. The summed E-state index contributed by atoms with van der Waals surface area (Å²) in [6.07, 6.45) is 21.2. The van der Waals surface area contributed by atoms with E-state index in [-0.39, 0.29) is 12.8 Å². The Morgan fingerprint density at radius 3 is 1.81 bits per heavy atom. The first-order valence-electron chi connectivity index (χ1n) is 10.8. The molecule has 0 aromatic rings. The van der Waals surface area contributed by atoms with Crippen molar-refractivity contribution in [3.05, 3.63) is 12.2 Å². The van der Waals surface area contributed by atoms with E-state index in [9.17, 15) is 15.0 Å². The third-order valence-corrected chi connectivity index (χ3v) is 4.50. The summed E-state index contributed by atoms with van der Waals surface area (Å²) in [5.74, 6) is -2.82. The van der Waals surface area contributed by atoms with Gasteiger partial charge in [0.2, 0.25) is 0 Å². The zero-order chi connectivity index (χ0) is 19.5. The van der Waals surface area contributed by atoms with E-state index < -0.39 is 11.9 Å². The van der Waals surface area contributed by atoms with E-state index in [0.29, 0.717) is 6.42 Å². The van der Waals surface area contributed by atoms with Crippen LogP contribution in [0.3, 0.4) is 0 Å². The number of aliphatic hydroxyl groups is 2. The van der Waals surface area contributed by atoms with E-state index in [1.807, 2.05) is 0 Å². The first-order chi connectivity index (χ1) is 12.5. The molecule has 0 aromatic heterocycles. The summed E-state index contributed by atoms with van der Waals surface area (Å²) < 4.78 is 4.66. The SMILES string of the molecule is CCCCCCCC/C=C\CCCCCCCC(=O)OC(O)(O)CCC. The number of rotatable bonds is 18. The Kier molecular flexibility index (Phi) is 17.0. The average Bonchev–Trinajstić information content (AvgIpc) is 2.57.